The molecule has 0 aliphatic heterocycles. The van der Waals surface area contributed by atoms with E-state index in [1.807, 2.05) is 24.3 Å². The van der Waals surface area contributed by atoms with Gasteiger partial charge in [-0.15, -0.1) is 0 Å². The summed E-state index contributed by atoms with van der Waals surface area (Å²) in [5.41, 5.74) is 6.99. The first kappa shape index (κ1) is 14.4. The molecule has 0 saturated heterocycles. The van der Waals surface area contributed by atoms with Gasteiger partial charge in [0.25, 0.3) is 0 Å². The minimum absolute atomic E-state index is 0.127. The third-order valence-electron chi connectivity index (χ3n) is 3.42. The van der Waals surface area contributed by atoms with Crippen molar-refractivity contribution >= 4 is 11.7 Å². The SMILES string of the molecule is NCC#Cc1ccc(NC(=O)NC2CCCCC2)cc1. The van der Waals surface area contributed by atoms with Crippen molar-refractivity contribution in [2.75, 3.05) is 11.9 Å². The molecule has 0 radical (unpaired) electrons. The topological polar surface area (TPSA) is 67.1 Å². The lowest BCUT2D eigenvalue weighted by Gasteiger charge is -2.22. The molecule has 1 saturated carbocycles. The van der Waals surface area contributed by atoms with E-state index in [1.165, 1.54) is 19.3 Å². The minimum atomic E-state index is -0.127. The fraction of sp³-hybridized carbons (Fsp3) is 0.438. The molecule has 106 valence electrons. The maximum absolute atomic E-state index is 11.9. The molecule has 1 aliphatic carbocycles. The molecule has 2 rings (SSSR count). The van der Waals surface area contributed by atoms with Crippen LogP contribution < -0.4 is 16.4 Å². The van der Waals surface area contributed by atoms with E-state index >= 15 is 0 Å². The molecule has 1 aliphatic rings. The number of hydrogen-bond acceptors (Lipinski definition) is 2. The van der Waals surface area contributed by atoms with Crippen LogP contribution in [0.25, 0.3) is 0 Å². The van der Waals surface area contributed by atoms with Gasteiger partial charge >= 0.3 is 6.03 Å². The van der Waals surface area contributed by atoms with Crippen LogP contribution in [0.4, 0.5) is 10.5 Å². The lowest BCUT2D eigenvalue weighted by Crippen LogP contribution is -2.38. The number of amides is 2. The summed E-state index contributed by atoms with van der Waals surface area (Å²) in [6.45, 7) is 0.351. The van der Waals surface area contributed by atoms with Crippen LogP contribution in [0.5, 0.6) is 0 Å². The van der Waals surface area contributed by atoms with E-state index in [9.17, 15) is 4.79 Å². The quantitative estimate of drug-likeness (QED) is 0.723. The van der Waals surface area contributed by atoms with Crippen LogP contribution in [-0.4, -0.2) is 18.6 Å². The van der Waals surface area contributed by atoms with Gasteiger partial charge in [-0.3, -0.25) is 0 Å². The number of nitrogens with two attached hydrogens (primary N) is 1. The van der Waals surface area contributed by atoms with Crippen molar-refractivity contribution in [2.24, 2.45) is 5.73 Å². The lowest BCUT2D eigenvalue weighted by molar-refractivity contribution is 0.244. The number of carbonyl (C=O) groups excluding carboxylic acids is 1. The summed E-state index contributed by atoms with van der Waals surface area (Å²) in [7, 11) is 0. The van der Waals surface area contributed by atoms with Gasteiger partial charge in [-0.05, 0) is 37.1 Å². The number of anilines is 1. The van der Waals surface area contributed by atoms with Crippen molar-refractivity contribution < 1.29 is 4.79 Å². The van der Waals surface area contributed by atoms with Crippen LogP contribution in [0.2, 0.25) is 0 Å². The molecule has 4 N–H and O–H groups in total. The molecule has 4 nitrogen and oxygen atoms in total. The van der Waals surface area contributed by atoms with Crippen molar-refractivity contribution in [2.45, 2.75) is 38.1 Å². The fourth-order valence-electron chi connectivity index (χ4n) is 2.39. The van der Waals surface area contributed by atoms with Gasteiger partial charge in [0, 0.05) is 17.3 Å². The van der Waals surface area contributed by atoms with Crippen molar-refractivity contribution in [3.63, 3.8) is 0 Å². The first-order chi connectivity index (χ1) is 9.78. The van der Waals surface area contributed by atoms with Crippen LogP contribution in [0.15, 0.2) is 24.3 Å². The summed E-state index contributed by atoms with van der Waals surface area (Å²) in [4.78, 5) is 11.9. The summed E-state index contributed by atoms with van der Waals surface area (Å²) in [5.74, 6) is 5.74. The molecule has 0 heterocycles. The molecule has 1 aromatic rings. The van der Waals surface area contributed by atoms with E-state index in [1.54, 1.807) is 0 Å². The van der Waals surface area contributed by atoms with Gasteiger partial charge in [-0.25, -0.2) is 4.79 Å². The summed E-state index contributed by atoms with van der Waals surface area (Å²) in [6.07, 6.45) is 5.87. The smallest absolute Gasteiger partial charge is 0.319 e. The Morgan fingerprint density at radius 1 is 1.20 bits per heavy atom. The summed E-state index contributed by atoms with van der Waals surface area (Å²) >= 11 is 0. The number of hydrogen-bond donors (Lipinski definition) is 3. The average Bonchev–Trinajstić information content (AvgIpc) is 2.47. The second-order valence-electron chi connectivity index (χ2n) is 5.02. The normalized spacial score (nSPS) is 15.1. The van der Waals surface area contributed by atoms with Gasteiger partial charge in [-0.1, -0.05) is 31.1 Å². The van der Waals surface area contributed by atoms with Crippen molar-refractivity contribution in [3.8, 4) is 11.8 Å². The van der Waals surface area contributed by atoms with Gasteiger partial charge in [0.15, 0.2) is 0 Å². The predicted molar refractivity (Wildman–Crippen MR) is 81.4 cm³/mol. The molecule has 0 aromatic heterocycles. The number of benzene rings is 1. The van der Waals surface area contributed by atoms with E-state index in [0.717, 1.165) is 24.1 Å². The highest BCUT2D eigenvalue weighted by molar-refractivity contribution is 5.89. The molecule has 1 aromatic carbocycles. The standard InChI is InChI=1S/C16H21N3O/c17-12-4-5-13-8-10-15(11-9-13)19-16(20)18-14-6-2-1-3-7-14/h8-11,14H,1-3,6-7,12,17H2,(H2,18,19,20). The van der Waals surface area contributed by atoms with E-state index in [-0.39, 0.29) is 6.03 Å². The Hall–Kier alpha value is -1.99. The van der Waals surface area contributed by atoms with Crippen LogP contribution in [0, 0.1) is 11.8 Å². The minimum Gasteiger partial charge on any atom is -0.335 e. The zero-order valence-electron chi connectivity index (χ0n) is 11.6. The molecule has 0 bridgehead atoms. The average molecular weight is 271 g/mol. The van der Waals surface area contributed by atoms with Gasteiger partial charge in [0.1, 0.15) is 0 Å². The molecular weight excluding hydrogens is 250 g/mol. The zero-order chi connectivity index (χ0) is 14.2. The largest absolute Gasteiger partial charge is 0.335 e. The Morgan fingerprint density at radius 2 is 1.90 bits per heavy atom. The van der Waals surface area contributed by atoms with E-state index < -0.39 is 0 Å². The zero-order valence-corrected chi connectivity index (χ0v) is 11.6. The molecule has 2 amide bonds. The highest BCUT2D eigenvalue weighted by Gasteiger charge is 2.15. The van der Waals surface area contributed by atoms with Crippen LogP contribution >= 0.6 is 0 Å². The van der Waals surface area contributed by atoms with E-state index in [2.05, 4.69) is 22.5 Å². The van der Waals surface area contributed by atoms with E-state index in [4.69, 9.17) is 5.73 Å². The van der Waals surface area contributed by atoms with Crippen LogP contribution in [0.3, 0.4) is 0 Å². The fourth-order valence-corrected chi connectivity index (χ4v) is 2.39. The van der Waals surface area contributed by atoms with Crippen molar-refractivity contribution in [1.29, 1.82) is 0 Å². The summed E-state index contributed by atoms with van der Waals surface area (Å²) in [5, 5.41) is 5.87. The predicted octanol–water partition coefficient (Wildman–Crippen LogP) is 2.45. The Kier molecular flexibility index (Phi) is 5.45. The molecule has 0 unspecified atom stereocenters. The van der Waals surface area contributed by atoms with Crippen molar-refractivity contribution in [1.82, 2.24) is 5.32 Å². The second-order valence-corrected chi connectivity index (χ2v) is 5.02. The summed E-state index contributed by atoms with van der Waals surface area (Å²) in [6, 6.07) is 7.64. The molecular formula is C16H21N3O. The van der Waals surface area contributed by atoms with Gasteiger partial charge < -0.3 is 16.4 Å². The second kappa shape index (κ2) is 7.56. The Morgan fingerprint density at radius 3 is 2.55 bits per heavy atom. The Balaban J connectivity index is 1.84. The van der Waals surface area contributed by atoms with Crippen LogP contribution in [-0.2, 0) is 0 Å². The monoisotopic (exact) mass is 271 g/mol. The molecule has 20 heavy (non-hydrogen) atoms. The van der Waals surface area contributed by atoms with Gasteiger partial charge in [-0.2, -0.15) is 0 Å². The lowest BCUT2D eigenvalue weighted by atomic mass is 9.96. The van der Waals surface area contributed by atoms with E-state index in [0.29, 0.717) is 12.6 Å². The number of urea groups is 1. The highest BCUT2D eigenvalue weighted by Crippen LogP contribution is 2.17. The Bertz CT molecular complexity index is 493. The maximum Gasteiger partial charge on any atom is 0.319 e. The molecule has 0 atom stereocenters. The first-order valence-corrected chi connectivity index (χ1v) is 7.14. The first-order valence-electron chi connectivity index (χ1n) is 7.14. The molecule has 4 heteroatoms. The number of carbonyl (C=O) groups is 1. The molecule has 0 spiro atoms. The van der Waals surface area contributed by atoms with Crippen LogP contribution in [0.1, 0.15) is 37.7 Å². The third-order valence-corrected chi connectivity index (χ3v) is 3.42. The number of nitrogens with one attached hydrogen (secondary N) is 2. The number of rotatable bonds is 2. The Labute approximate surface area is 120 Å². The summed E-state index contributed by atoms with van der Waals surface area (Å²) < 4.78 is 0. The maximum atomic E-state index is 11.9. The highest BCUT2D eigenvalue weighted by atomic mass is 16.2. The third kappa shape index (κ3) is 4.60. The van der Waals surface area contributed by atoms with Gasteiger partial charge in [0.2, 0.25) is 0 Å². The molecule has 1 fully saturated rings. The van der Waals surface area contributed by atoms with Crippen molar-refractivity contribution in [3.05, 3.63) is 29.8 Å². The van der Waals surface area contributed by atoms with Gasteiger partial charge in [0.05, 0.1) is 6.54 Å².